The van der Waals surface area contributed by atoms with Crippen molar-refractivity contribution in [1.82, 2.24) is 4.90 Å². The Morgan fingerprint density at radius 3 is 2.84 bits per heavy atom. The predicted molar refractivity (Wildman–Crippen MR) is 76.8 cm³/mol. The summed E-state index contributed by atoms with van der Waals surface area (Å²) in [4.78, 5) is 14.3. The second-order valence-electron chi connectivity index (χ2n) is 4.99. The summed E-state index contributed by atoms with van der Waals surface area (Å²) >= 11 is 11.9. The Morgan fingerprint density at radius 1 is 1.47 bits per heavy atom. The molecule has 0 aliphatic carbocycles. The van der Waals surface area contributed by atoms with Crippen molar-refractivity contribution in [2.75, 3.05) is 13.2 Å². The van der Waals surface area contributed by atoms with Crippen molar-refractivity contribution in [3.8, 4) is 0 Å². The number of aliphatic hydroxyl groups is 1. The normalized spacial score (nSPS) is 23.5. The number of hydrogen-bond donors (Lipinski definition) is 1. The lowest BCUT2D eigenvalue weighted by Crippen LogP contribution is -2.49. The molecule has 1 heterocycles. The van der Waals surface area contributed by atoms with E-state index in [-0.39, 0.29) is 18.6 Å². The molecule has 2 rings (SSSR count). The van der Waals surface area contributed by atoms with E-state index in [1.54, 1.807) is 23.1 Å². The largest absolute Gasteiger partial charge is 0.394 e. The van der Waals surface area contributed by atoms with Crippen molar-refractivity contribution < 1.29 is 9.90 Å². The zero-order valence-electron chi connectivity index (χ0n) is 10.8. The number of likely N-dealkylation sites (tertiary alicyclic amines) is 1. The second-order valence-corrected chi connectivity index (χ2v) is 5.84. The maximum absolute atomic E-state index is 12.5. The van der Waals surface area contributed by atoms with E-state index >= 15 is 0 Å². The Balaban J connectivity index is 2.27. The van der Waals surface area contributed by atoms with Gasteiger partial charge in [0.1, 0.15) is 0 Å². The van der Waals surface area contributed by atoms with E-state index in [1.807, 2.05) is 0 Å². The number of rotatable bonds is 2. The van der Waals surface area contributed by atoms with Gasteiger partial charge in [0.2, 0.25) is 0 Å². The molecular weight excluding hydrogens is 285 g/mol. The van der Waals surface area contributed by atoms with Crippen LogP contribution >= 0.6 is 23.2 Å². The third-order valence-corrected chi connectivity index (χ3v) is 4.27. The van der Waals surface area contributed by atoms with Crippen LogP contribution < -0.4 is 0 Å². The molecule has 3 nitrogen and oxygen atoms in total. The SMILES string of the molecule is CC1CCCN(C(=O)c2ccc(Cl)cc2Cl)C1CO. The zero-order chi connectivity index (χ0) is 14.0. The Bertz CT molecular complexity index is 479. The van der Waals surface area contributed by atoms with Gasteiger partial charge in [-0.2, -0.15) is 0 Å². The number of carbonyl (C=O) groups excluding carboxylic acids is 1. The minimum atomic E-state index is -0.132. The zero-order valence-corrected chi connectivity index (χ0v) is 12.3. The number of carbonyl (C=O) groups is 1. The monoisotopic (exact) mass is 301 g/mol. The third kappa shape index (κ3) is 3.04. The van der Waals surface area contributed by atoms with Crippen molar-refractivity contribution in [3.05, 3.63) is 33.8 Å². The Hall–Kier alpha value is -0.770. The van der Waals surface area contributed by atoms with Gasteiger partial charge in [-0.3, -0.25) is 4.79 Å². The van der Waals surface area contributed by atoms with Crippen LogP contribution in [-0.4, -0.2) is 35.1 Å². The van der Waals surface area contributed by atoms with E-state index in [1.165, 1.54) is 0 Å². The molecule has 0 aromatic heterocycles. The predicted octanol–water partition coefficient (Wildman–Crippen LogP) is 3.23. The lowest BCUT2D eigenvalue weighted by atomic mass is 9.90. The first-order chi connectivity index (χ1) is 9.04. The minimum Gasteiger partial charge on any atom is -0.394 e. The highest BCUT2D eigenvalue weighted by Crippen LogP contribution is 2.28. The highest BCUT2D eigenvalue weighted by atomic mass is 35.5. The van der Waals surface area contributed by atoms with Crippen molar-refractivity contribution in [2.24, 2.45) is 5.92 Å². The van der Waals surface area contributed by atoms with Crippen LogP contribution in [0.2, 0.25) is 10.0 Å². The molecule has 1 aromatic carbocycles. The Morgan fingerprint density at radius 2 is 2.21 bits per heavy atom. The van der Waals surface area contributed by atoms with E-state index in [0.717, 1.165) is 12.8 Å². The van der Waals surface area contributed by atoms with Crippen LogP contribution in [0.15, 0.2) is 18.2 Å². The standard InChI is InChI=1S/C14H17Cl2NO2/c1-9-3-2-6-17(13(9)8-18)14(19)11-5-4-10(15)7-12(11)16/h4-5,7,9,13,18H,2-3,6,8H2,1H3. The number of halogens is 2. The number of piperidine rings is 1. The Kier molecular flexibility index (Phi) is 4.71. The first-order valence-electron chi connectivity index (χ1n) is 6.41. The number of benzene rings is 1. The average molecular weight is 302 g/mol. The van der Waals surface area contributed by atoms with Gasteiger partial charge in [-0.05, 0) is 37.0 Å². The molecule has 104 valence electrons. The molecule has 2 unspecified atom stereocenters. The maximum Gasteiger partial charge on any atom is 0.255 e. The average Bonchev–Trinajstić information content (AvgIpc) is 2.37. The summed E-state index contributed by atoms with van der Waals surface area (Å²) in [5.41, 5.74) is 0.443. The maximum atomic E-state index is 12.5. The topological polar surface area (TPSA) is 40.5 Å². The molecule has 5 heteroatoms. The van der Waals surface area contributed by atoms with E-state index in [0.29, 0.717) is 28.1 Å². The lowest BCUT2D eigenvalue weighted by Gasteiger charge is -2.39. The summed E-state index contributed by atoms with van der Waals surface area (Å²) in [7, 11) is 0. The van der Waals surface area contributed by atoms with Crippen LogP contribution in [0.4, 0.5) is 0 Å². The van der Waals surface area contributed by atoms with Gasteiger partial charge in [0.15, 0.2) is 0 Å². The molecule has 0 saturated carbocycles. The second kappa shape index (κ2) is 6.12. The van der Waals surface area contributed by atoms with Crippen molar-refractivity contribution in [1.29, 1.82) is 0 Å². The fraction of sp³-hybridized carbons (Fsp3) is 0.500. The summed E-state index contributed by atoms with van der Waals surface area (Å²) in [6.45, 7) is 2.70. The number of amides is 1. The van der Waals surface area contributed by atoms with Crippen molar-refractivity contribution in [2.45, 2.75) is 25.8 Å². The van der Waals surface area contributed by atoms with Crippen LogP contribution in [0.3, 0.4) is 0 Å². The van der Waals surface area contributed by atoms with E-state index < -0.39 is 0 Å². The molecule has 0 radical (unpaired) electrons. The number of aliphatic hydroxyl groups excluding tert-OH is 1. The van der Waals surface area contributed by atoms with Crippen LogP contribution in [0.1, 0.15) is 30.1 Å². The van der Waals surface area contributed by atoms with Crippen LogP contribution in [0.25, 0.3) is 0 Å². The van der Waals surface area contributed by atoms with Crippen LogP contribution in [-0.2, 0) is 0 Å². The first-order valence-corrected chi connectivity index (χ1v) is 7.17. The van der Waals surface area contributed by atoms with Gasteiger partial charge < -0.3 is 10.0 Å². The number of nitrogens with zero attached hydrogens (tertiary/aromatic N) is 1. The van der Waals surface area contributed by atoms with Gasteiger partial charge in [0, 0.05) is 11.6 Å². The first kappa shape index (κ1) is 14.6. The van der Waals surface area contributed by atoms with Gasteiger partial charge >= 0.3 is 0 Å². The summed E-state index contributed by atoms with van der Waals surface area (Å²) in [6.07, 6.45) is 1.98. The highest BCUT2D eigenvalue weighted by Gasteiger charge is 2.32. The quantitative estimate of drug-likeness (QED) is 0.911. The molecular formula is C14H17Cl2NO2. The summed E-state index contributed by atoms with van der Waals surface area (Å²) in [5, 5.41) is 10.4. The van der Waals surface area contributed by atoms with E-state index in [4.69, 9.17) is 23.2 Å². The third-order valence-electron chi connectivity index (χ3n) is 3.73. The number of hydrogen-bond acceptors (Lipinski definition) is 2. The van der Waals surface area contributed by atoms with Crippen molar-refractivity contribution >= 4 is 29.1 Å². The fourth-order valence-corrected chi connectivity index (χ4v) is 3.09. The molecule has 1 aliphatic rings. The summed E-state index contributed by atoms with van der Waals surface area (Å²) < 4.78 is 0. The fourth-order valence-electron chi connectivity index (χ4n) is 2.60. The molecule has 0 bridgehead atoms. The molecule has 1 saturated heterocycles. The van der Waals surface area contributed by atoms with Crippen LogP contribution in [0, 0.1) is 5.92 Å². The van der Waals surface area contributed by atoms with Gasteiger partial charge in [-0.1, -0.05) is 30.1 Å². The van der Waals surface area contributed by atoms with Crippen LogP contribution in [0.5, 0.6) is 0 Å². The Labute approximate surface area is 123 Å². The minimum absolute atomic E-state index is 0.0158. The molecule has 19 heavy (non-hydrogen) atoms. The highest BCUT2D eigenvalue weighted by molar-refractivity contribution is 6.36. The van der Waals surface area contributed by atoms with E-state index in [9.17, 15) is 9.90 Å². The molecule has 2 atom stereocenters. The lowest BCUT2D eigenvalue weighted by molar-refractivity contribution is 0.0358. The van der Waals surface area contributed by atoms with Gasteiger partial charge in [0.25, 0.3) is 5.91 Å². The summed E-state index contributed by atoms with van der Waals surface area (Å²) in [6, 6.07) is 4.73. The smallest absolute Gasteiger partial charge is 0.255 e. The molecule has 1 N–H and O–H groups in total. The summed E-state index contributed by atoms with van der Waals surface area (Å²) in [5.74, 6) is 0.168. The molecule has 1 aliphatic heterocycles. The van der Waals surface area contributed by atoms with E-state index in [2.05, 4.69) is 6.92 Å². The van der Waals surface area contributed by atoms with Gasteiger partial charge in [-0.25, -0.2) is 0 Å². The molecule has 1 fully saturated rings. The van der Waals surface area contributed by atoms with Gasteiger partial charge in [0.05, 0.1) is 23.2 Å². The van der Waals surface area contributed by atoms with Gasteiger partial charge in [-0.15, -0.1) is 0 Å². The molecule has 1 aromatic rings. The van der Waals surface area contributed by atoms with Crippen molar-refractivity contribution in [3.63, 3.8) is 0 Å². The molecule has 0 spiro atoms. The molecule has 1 amide bonds.